The largest absolute Gasteiger partial charge is 0.348 e. The van der Waals surface area contributed by atoms with Gasteiger partial charge in [0, 0.05) is 23.1 Å². The smallest absolute Gasteiger partial charge is 0.255 e. The van der Waals surface area contributed by atoms with E-state index in [4.69, 9.17) is 23.2 Å². The van der Waals surface area contributed by atoms with E-state index in [2.05, 4.69) is 20.9 Å². The fourth-order valence-electron chi connectivity index (χ4n) is 1.19. The summed E-state index contributed by atoms with van der Waals surface area (Å²) in [6.45, 7) is -0.151. The quantitative estimate of drug-likeness (QED) is 0.762. The molecule has 0 aliphatic carbocycles. The molecule has 0 aliphatic rings. The van der Waals surface area contributed by atoms with E-state index in [0.717, 1.165) is 0 Å². The van der Waals surface area contributed by atoms with Crippen LogP contribution in [0.5, 0.6) is 0 Å². The predicted octanol–water partition coefficient (Wildman–Crippen LogP) is 3.81. The molecule has 1 rings (SSSR count). The van der Waals surface area contributed by atoms with Gasteiger partial charge in [0.1, 0.15) is 5.82 Å². The fraction of sp³-hybridized carbons (Fsp3) is 0.444. The van der Waals surface area contributed by atoms with Crippen molar-refractivity contribution in [3.05, 3.63) is 21.8 Å². The van der Waals surface area contributed by atoms with Gasteiger partial charge in [-0.05, 0) is 22.0 Å². The SMILES string of the molecule is FC(F)CN(CCCl)c1ncc(Br)cc1Cl. The van der Waals surface area contributed by atoms with Gasteiger partial charge in [0.15, 0.2) is 0 Å². The summed E-state index contributed by atoms with van der Waals surface area (Å²) in [7, 11) is 0. The van der Waals surface area contributed by atoms with E-state index in [0.29, 0.717) is 15.3 Å². The third-order valence-electron chi connectivity index (χ3n) is 1.80. The molecule has 2 nitrogen and oxygen atoms in total. The predicted molar refractivity (Wildman–Crippen MR) is 65.9 cm³/mol. The van der Waals surface area contributed by atoms with Crippen molar-refractivity contribution in [1.82, 2.24) is 4.98 Å². The van der Waals surface area contributed by atoms with Crippen molar-refractivity contribution in [1.29, 1.82) is 0 Å². The Bertz CT molecular complexity index is 352. The number of hydrogen-bond acceptors (Lipinski definition) is 2. The third-order valence-corrected chi connectivity index (χ3v) is 2.68. The van der Waals surface area contributed by atoms with Crippen LogP contribution < -0.4 is 4.90 Å². The second-order valence-corrected chi connectivity index (χ2v) is 4.69. The first-order chi connectivity index (χ1) is 7.54. The minimum atomic E-state index is -2.45. The fourth-order valence-corrected chi connectivity index (χ4v) is 2.15. The lowest BCUT2D eigenvalue weighted by Crippen LogP contribution is -2.31. The molecule has 0 aliphatic heterocycles. The highest BCUT2D eigenvalue weighted by Crippen LogP contribution is 2.26. The molecule has 0 N–H and O–H groups in total. The summed E-state index contributed by atoms with van der Waals surface area (Å²) in [6.07, 6.45) is -0.946. The third kappa shape index (κ3) is 4.03. The molecule has 0 spiro atoms. The van der Waals surface area contributed by atoms with E-state index >= 15 is 0 Å². The minimum absolute atomic E-state index is 0.237. The molecule has 0 aromatic carbocycles. The molecule has 0 saturated heterocycles. The molecule has 1 aromatic heterocycles. The molecule has 0 saturated carbocycles. The molecule has 0 fully saturated rings. The van der Waals surface area contributed by atoms with Crippen LogP contribution >= 0.6 is 39.1 Å². The summed E-state index contributed by atoms with van der Waals surface area (Å²) in [4.78, 5) is 5.37. The second kappa shape index (κ2) is 6.57. The molecule has 7 heteroatoms. The average molecular weight is 334 g/mol. The van der Waals surface area contributed by atoms with Crippen molar-refractivity contribution in [2.45, 2.75) is 6.43 Å². The van der Waals surface area contributed by atoms with Crippen molar-refractivity contribution < 1.29 is 8.78 Å². The molecular weight excluding hydrogens is 325 g/mol. The van der Waals surface area contributed by atoms with E-state index in [1.54, 1.807) is 6.07 Å². The van der Waals surface area contributed by atoms with Crippen molar-refractivity contribution in [2.24, 2.45) is 0 Å². The van der Waals surface area contributed by atoms with E-state index in [9.17, 15) is 8.78 Å². The molecule has 90 valence electrons. The van der Waals surface area contributed by atoms with E-state index < -0.39 is 13.0 Å². The first-order valence-corrected chi connectivity index (χ1v) is 6.15. The monoisotopic (exact) mass is 332 g/mol. The van der Waals surface area contributed by atoms with Crippen LogP contribution in [0.2, 0.25) is 5.02 Å². The molecule has 16 heavy (non-hydrogen) atoms. The Kier molecular flexibility index (Phi) is 5.72. The highest BCUT2D eigenvalue weighted by molar-refractivity contribution is 9.10. The zero-order chi connectivity index (χ0) is 12.1. The van der Waals surface area contributed by atoms with Gasteiger partial charge in [0.25, 0.3) is 6.43 Å². The zero-order valence-corrected chi connectivity index (χ0v) is 11.2. The highest BCUT2D eigenvalue weighted by atomic mass is 79.9. The lowest BCUT2D eigenvalue weighted by molar-refractivity contribution is 0.155. The molecule has 0 unspecified atom stereocenters. The first kappa shape index (κ1) is 13.9. The average Bonchev–Trinajstić information content (AvgIpc) is 2.16. The standard InChI is InChI=1S/C9H9BrCl2F2N2/c10-6-3-7(12)9(15-4-6)16(2-1-11)5-8(13)14/h3-4,8H,1-2,5H2. The van der Waals surface area contributed by atoms with Crippen LogP contribution in [0.1, 0.15) is 0 Å². The normalized spacial score (nSPS) is 10.9. The summed E-state index contributed by atoms with van der Waals surface area (Å²) < 4.78 is 25.4. The number of nitrogens with zero attached hydrogens (tertiary/aromatic N) is 2. The summed E-state index contributed by atoms with van der Waals surface area (Å²) in [6, 6.07) is 1.61. The van der Waals surface area contributed by atoms with Crippen LogP contribution in [-0.2, 0) is 0 Å². The Morgan fingerprint density at radius 1 is 1.50 bits per heavy atom. The topological polar surface area (TPSA) is 16.1 Å². The second-order valence-electron chi connectivity index (χ2n) is 2.99. The Labute approximate surface area is 111 Å². The van der Waals surface area contributed by atoms with Crippen LogP contribution in [-0.4, -0.2) is 30.4 Å². The van der Waals surface area contributed by atoms with Gasteiger partial charge in [-0.1, -0.05) is 11.6 Å². The molecule has 0 atom stereocenters. The maximum Gasteiger partial charge on any atom is 0.255 e. The Morgan fingerprint density at radius 3 is 2.69 bits per heavy atom. The zero-order valence-electron chi connectivity index (χ0n) is 8.14. The molecule has 0 amide bonds. The van der Waals surface area contributed by atoms with Gasteiger partial charge in [-0.3, -0.25) is 0 Å². The van der Waals surface area contributed by atoms with Gasteiger partial charge in [-0.2, -0.15) is 0 Å². The lowest BCUT2D eigenvalue weighted by Gasteiger charge is -2.23. The molecular formula is C9H9BrCl2F2N2. The summed E-state index contributed by atoms with van der Waals surface area (Å²) in [5.74, 6) is 0.562. The van der Waals surface area contributed by atoms with Crippen molar-refractivity contribution in [3.8, 4) is 0 Å². The lowest BCUT2D eigenvalue weighted by atomic mass is 10.4. The molecule has 0 bridgehead atoms. The van der Waals surface area contributed by atoms with Gasteiger partial charge in [-0.25, -0.2) is 13.8 Å². The number of alkyl halides is 3. The Hall–Kier alpha value is -0.130. The van der Waals surface area contributed by atoms with E-state index in [-0.39, 0.29) is 12.4 Å². The Balaban J connectivity index is 2.91. The van der Waals surface area contributed by atoms with Gasteiger partial charge in [0.05, 0.1) is 11.6 Å². The van der Waals surface area contributed by atoms with E-state index in [1.807, 2.05) is 0 Å². The van der Waals surface area contributed by atoms with Gasteiger partial charge in [-0.15, -0.1) is 11.6 Å². The summed E-state index contributed by atoms with van der Waals surface area (Å²) >= 11 is 14.7. The molecule has 1 aromatic rings. The van der Waals surface area contributed by atoms with Gasteiger partial charge < -0.3 is 4.90 Å². The van der Waals surface area contributed by atoms with Crippen LogP contribution in [0.25, 0.3) is 0 Å². The van der Waals surface area contributed by atoms with Crippen LogP contribution in [0.15, 0.2) is 16.7 Å². The van der Waals surface area contributed by atoms with Crippen LogP contribution in [0, 0.1) is 0 Å². The van der Waals surface area contributed by atoms with Crippen molar-refractivity contribution in [3.63, 3.8) is 0 Å². The maximum absolute atomic E-state index is 12.3. The summed E-state index contributed by atoms with van der Waals surface area (Å²) in [5, 5.41) is 0.320. The number of anilines is 1. The summed E-state index contributed by atoms with van der Waals surface area (Å²) in [5.41, 5.74) is 0. The van der Waals surface area contributed by atoms with Crippen molar-refractivity contribution in [2.75, 3.05) is 23.9 Å². The minimum Gasteiger partial charge on any atom is -0.348 e. The van der Waals surface area contributed by atoms with Gasteiger partial charge in [0.2, 0.25) is 0 Å². The first-order valence-electron chi connectivity index (χ1n) is 4.44. The number of pyridine rings is 1. The van der Waals surface area contributed by atoms with E-state index in [1.165, 1.54) is 11.1 Å². The van der Waals surface area contributed by atoms with Gasteiger partial charge >= 0.3 is 0 Å². The van der Waals surface area contributed by atoms with Crippen LogP contribution in [0.3, 0.4) is 0 Å². The van der Waals surface area contributed by atoms with Crippen molar-refractivity contribution >= 4 is 44.9 Å². The number of hydrogen-bond donors (Lipinski definition) is 0. The number of rotatable bonds is 5. The Morgan fingerprint density at radius 2 is 2.19 bits per heavy atom. The van der Waals surface area contributed by atoms with Crippen LogP contribution in [0.4, 0.5) is 14.6 Å². The highest BCUT2D eigenvalue weighted by Gasteiger charge is 2.16. The number of aromatic nitrogens is 1. The molecule has 1 heterocycles. The molecule has 0 radical (unpaired) electrons. The maximum atomic E-state index is 12.3. The number of halogens is 5.